The molecule has 0 amide bonds. The van der Waals surface area contributed by atoms with Gasteiger partial charge < -0.3 is 15.5 Å². The summed E-state index contributed by atoms with van der Waals surface area (Å²) < 4.78 is 5.23. The van der Waals surface area contributed by atoms with Crippen LogP contribution in [-0.4, -0.2) is 22.9 Å². The molecule has 3 rings (SSSR count). The molecular weight excluding hydrogens is 290 g/mol. The summed E-state index contributed by atoms with van der Waals surface area (Å²) in [6.07, 6.45) is 3.17. The van der Waals surface area contributed by atoms with Crippen molar-refractivity contribution in [2.24, 2.45) is 0 Å². The number of carbonyl (C=O) groups is 1. The zero-order valence-corrected chi connectivity index (χ0v) is 11.9. The lowest BCUT2D eigenvalue weighted by Crippen LogP contribution is -2.04. The normalized spacial score (nSPS) is 10.8. The first-order chi connectivity index (χ1) is 10.1. The molecule has 106 valence electrons. The summed E-state index contributed by atoms with van der Waals surface area (Å²) >= 11 is 6.17. The summed E-state index contributed by atoms with van der Waals surface area (Å²) in [6, 6.07) is 6.58. The number of ketones is 1. The number of anilines is 1. The predicted molar refractivity (Wildman–Crippen MR) is 81.9 cm³/mol. The number of hydrogen-bond acceptors (Lipinski definition) is 4. The molecule has 2 heterocycles. The van der Waals surface area contributed by atoms with Gasteiger partial charge in [0.2, 0.25) is 0 Å². The van der Waals surface area contributed by atoms with Crippen molar-refractivity contribution in [3.8, 4) is 5.75 Å². The number of rotatable bonds is 3. The van der Waals surface area contributed by atoms with Gasteiger partial charge in [-0.25, -0.2) is 4.98 Å². The molecule has 3 N–H and O–H groups in total. The van der Waals surface area contributed by atoms with E-state index < -0.39 is 0 Å². The number of aromatic nitrogens is 2. The Hall–Kier alpha value is -2.53. The molecule has 6 heteroatoms. The Labute approximate surface area is 125 Å². The molecule has 2 aromatic heterocycles. The van der Waals surface area contributed by atoms with Gasteiger partial charge in [-0.1, -0.05) is 11.6 Å². The molecule has 3 aromatic rings. The van der Waals surface area contributed by atoms with E-state index in [4.69, 9.17) is 22.1 Å². The van der Waals surface area contributed by atoms with Crippen molar-refractivity contribution in [1.82, 2.24) is 9.97 Å². The molecule has 0 fully saturated rings. The first-order valence-electron chi connectivity index (χ1n) is 6.21. The molecule has 0 aliphatic carbocycles. The highest BCUT2D eigenvalue weighted by Crippen LogP contribution is 2.30. The van der Waals surface area contributed by atoms with Gasteiger partial charge in [-0.2, -0.15) is 0 Å². The average Bonchev–Trinajstić information content (AvgIpc) is 2.92. The van der Waals surface area contributed by atoms with Gasteiger partial charge in [-0.3, -0.25) is 4.79 Å². The predicted octanol–water partition coefficient (Wildman–Crippen LogP) is 3.04. The number of nitrogen functional groups attached to an aromatic ring is 1. The first-order valence-corrected chi connectivity index (χ1v) is 6.59. The summed E-state index contributed by atoms with van der Waals surface area (Å²) in [5.74, 6) is 0.240. The standard InChI is InChI=1S/C15H12ClN3O2/c1-21-12-3-2-8(17)6-9(12)14(20)10-7-19-15-13(10)11(16)4-5-18-15/h2-7H,17H2,1H3,(H,18,19). The minimum absolute atomic E-state index is 0.222. The van der Waals surface area contributed by atoms with E-state index in [9.17, 15) is 4.79 Å². The van der Waals surface area contributed by atoms with Crippen LogP contribution in [0.4, 0.5) is 5.69 Å². The van der Waals surface area contributed by atoms with Crippen LogP contribution in [0.15, 0.2) is 36.7 Å². The number of nitrogens with zero attached hydrogens (tertiary/aromatic N) is 1. The number of aromatic amines is 1. The Balaban J connectivity index is 2.20. The molecular formula is C15H12ClN3O2. The largest absolute Gasteiger partial charge is 0.496 e. The van der Waals surface area contributed by atoms with Crippen molar-refractivity contribution in [2.45, 2.75) is 0 Å². The van der Waals surface area contributed by atoms with Crippen molar-refractivity contribution in [3.63, 3.8) is 0 Å². The first kappa shape index (κ1) is 13.5. The maximum Gasteiger partial charge on any atom is 0.199 e. The molecule has 5 nitrogen and oxygen atoms in total. The number of pyridine rings is 1. The number of fused-ring (bicyclic) bond motifs is 1. The summed E-state index contributed by atoms with van der Waals surface area (Å²) in [6.45, 7) is 0. The lowest BCUT2D eigenvalue weighted by molar-refractivity contribution is 0.103. The molecule has 21 heavy (non-hydrogen) atoms. The SMILES string of the molecule is COc1ccc(N)cc1C(=O)c1c[nH]c2nccc(Cl)c12. The summed E-state index contributed by atoms with van der Waals surface area (Å²) in [5.41, 5.74) is 7.64. The van der Waals surface area contributed by atoms with E-state index in [-0.39, 0.29) is 5.78 Å². The van der Waals surface area contributed by atoms with Crippen LogP contribution in [0.25, 0.3) is 11.0 Å². The van der Waals surface area contributed by atoms with E-state index >= 15 is 0 Å². The highest BCUT2D eigenvalue weighted by atomic mass is 35.5. The highest BCUT2D eigenvalue weighted by molar-refractivity contribution is 6.37. The lowest BCUT2D eigenvalue weighted by atomic mass is 10.0. The van der Waals surface area contributed by atoms with Gasteiger partial charge in [0.15, 0.2) is 5.78 Å². The van der Waals surface area contributed by atoms with Crippen LogP contribution in [0.1, 0.15) is 15.9 Å². The Morgan fingerprint density at radius 1 is 1.33 bits per heavy atom. The molecule has 1 aromatic carbocycles. The number of halogens is 1. The molecule has 0 atom stereocenters. The van der Waals surface area contributed by atoms with Gasteiger partial charge >= 0.3 is 0 Å². The Kier molecular flexibility index (Phi) is 3.27. The van der Waals surface area contributed by atoms with Crippen LogP contribution >= 0.6 is 11.6 Å². The fourth-order valence-electron chi connectivity index (χ4n) is 2.24. The molecule has 0 saturated heterocycles. The van der Waals surface area contributed by atoms with Crippen molar-refractivity contribution >= 4 is 34.1 Å². The third-order valence-electron chi connectivity index (χ3n) is 3.24. The third kappa shape index (κ3) is 2.21. The van der Waals surface area contributed by atoms with Crippen LogP contribution in [0, 0.1) is 0 Å². The van der Waals surface area contributed by atoms with Crippen LogP contribution in [-0.2, 0) is 0 Å². The Bertz CT molecular complexity index is 842. The second kappa shape index (κ2) is 5.10. The molecule has 0 saturated carbocycles. The maximum atomic E-state index is 12.8. The zero-order chi connectivity index (χ0) is 15.0. The molecule has 0 aliphatic rings. The summed E-state index contributed by atoms with van der Waals surface area (Å²) in [4.78, 5) is 19.9. The van der Waals surface area contributed by atoms with Crippen LogP contribution < -0.4 is 10.5 Å². The smallest absolute Gasteiger partial charge is 0.199 e. The van der Waals surface area contributed by atoms with Gasteiger partial charge in [0.25, 0.3) is 0 Å². The molecule has 0 aliphatic heterocycles. The second-order valence-electron chi connectivity index (χ2n) is 4.51. The van der Waals surface area contributed by atoms with Crippen LogP contribution in [0.3, 0.4) is 0 Å². The van der Waals surface area contributed by atoms with E-state index in [2.05, 4.69) is 9.97 Å². The van der Waals surface area contributed by atoms with Crippen molar-refractivity contribution < 1.29 is 9.53 Å². The number of nitrogens with one attached hydrogen (secondary N) is 1. The van der Waals surface area contributed by atoms with Gasteiger partial charge in [0.1, 0.15) is 11.4 Å². The Morgan fingerprint density at radius 3 is 2.90 bits per heavy atom. The molecule has 0 spiro atoms. The average molecular weight is 302 g/mol. The topological polar surface area (TPSA) is 81.0 Å². The lowest BCUT2D eigenvalue weighted by Gasteiger charge is -2.08. The van der Waals surface area contributed by atoms with E-state index in [0.717, 1.165) is 0 Å². The van der Waals surface area contributed by atoms with Gasteiger partial charge in [0, 0.05) is 23.5 Å². The monoisotopic (exact) mass is 301 g/mol. The molecule has 0 radical (unpaired) electrons. The van der Waals surface area contributed by atoms with Crippen LogP contribution in [0.2, 0.25) is 5.02 Å². The third-order valence-corrected chi connectivity index (χ3v) is 3.55. The van der Waals surface area contributed by atoms with Crippen molar-refractivity contribution in [2.75, 3.05) is 12.8 Å². The number of hydrogen-bond donors (Lipinski definition) is 2. The van der Waals surface area contributed by atoms with Crippen molar-refractivity contribution in [1.29, 1.82) is 0 Å². The zero-order valence-electron chi connectivity index (χ0n) is 11.2. The van der Waals surface area contributed by atoms with E-state index in [1.165, 1.54) is 7.11 Å². The molecule has 0 unspecified atom stereocenters. The minimum Gasteiger partial charge on any atom is -0.496 e. The summed E-state index contributed by atoms with van der Waals surface area (Å²) in [7, 11) is 1.51. The number of methoxy groups -OCH3 is 1. The van der Waals surface area contributed by atoms with E-state index in [1.54, 1.807) is 36.7 Å². The van der Waals surface area contributed by atoms with E-state index in [1.807, 2.05) is 0 Å². The highest BCUT2D eigenvalue weighted by Gasteiger charge is 2.20. The number of nitrogens with two attached hydrogens (primary N) is 1. The number of benzene rings is 1. The number of carbonyl (C=O) groups excluding carboxylic acids is 1. The Morgan fingerprint density at radius 2 is 2.14 bits per heavy atom. The van der Waals surface area contributed by atoms with Crippen LogP contribution in [0.5, 0.6) is 5.75 Å². The van der Waals surface area contributed by atoms with Gasteiger partial charge in [-0.05, 0) is 24.3 Å². The van der Waals surface area contributed by atoms with E-state index in [0.29, 0.717) is 38.6 Å². The second-order valence-corrected chi connectivity index (χ2v) is 4.91. The summed E-state index contributed by atoms with van der Waals surface area (Å²) in [5, 5.41) is 1.06. The van der Waals surface area contributed by atoms with Gasteiger partial charge in [0.05, 0.1) is 23.3 Å². The molecule has 0 bridgehead atoms. The minimum atomic E-state index is -0.222. The fraction of sp³-hybridized carbons (Fsp3) is 0.0667. The maximum absolute atomic E-state index is 12.8. The quantitative estimate of drug-likeness (QED) is 0.575. The fourth-order valence-corrected chi connectivity index (χ4v) is 2.49. The number of H-pyrrole nitrogens is 1. The van der Waals surface area contributed by atoms with Gasteiger partial charge in [-0.15, -0.1) is 0 Å². The number of ether oxygens (including phenoxy) is 1. The van der Waals surface area contributed by atoms with Crippen molar-refractivity contribution in [3.05, 3.63) is 52.8 Å².